The van der Waals surface area contributed by atoms with Crippen molar-refractivity contribution in [3.63, 3.8) is 0 Å². The minimum absolute atomic E-state index is 0.0140. The number of carbonyl (C=O) groups is 2. The van der Waals surface area contributed by atoms with Crippen LogP contribution in [0.5, 0.6) is 0 Å². The number of amides is 2. The normalized spacial score (nSPS) is 17.3. The second-order valence-electron chi connectivity index (χ2n) is 5.66. The zero-order valence-corrected chi connectivity index (χ0v) is 13.3. The Balaban J connectivity index is 1.61. The lowest BCUT2D eigenvalue weighted by Gasteiger charge is -2.16. The van der Waals surface area contributed by atoms with Gasteiger partial charge in [0.15, 0.2) is 0 Å². The summed E-state index contributed by atoms with van der Waals surface area (Å²) < 4.78 is 0. The van der Waals surface area contributed by atoms with Crippen molar-refractivity contribution in [1.29, 1.82) is 0 Å². The minimum atomic E-state index is -0.329. The molecule has 2 aromatic carbocycles. The van der Waals surface area contributed by atoms with E-state index in [4.69, 9.17) is 11.6 Å². The first kappa shape index (κ1) is 15.6. The lowest BCUT2D eigenvalue weighted by molar-refractivity contribution is -0.128. The summed E-state index contributed by atoms with van der Waals surface area (Å²) in [6, 6.07) is 16.8. The van der Waals surface area contributed by atoms with Crippen LogP contribution in [0, 0.1) is 5.92 Å². The minimum Gasteiger partial charge on any atom is -0.338 e. The van der Waals surface area contributed by atoms with Crippen LogP contribution in [-0.4, -0.2) is 23.3 Å². The number of carbonyl (C=O) groups excluding carboxylic acids is 2. The van der Waals surface area contributed by atoms with E-state index in [0.29, 0.717) is 23.8 Å². The van der Waals surface area contributed by atoms with Crippen LogP contribution in [0.2, 0.25) is 5.02 Å². The maximum absolute atomic E-state index is 12.3. The molecule has 4 nitrogen and oxygen atoms in total. The summed E-state index contributed by atoms with van der Waals surface area (Å²) >= 11 is 5.91. The van der Waals surface area contributed by atoms with E-state index in [1.54, 1.807) is 29.2 Å². The van der Waals surface area contributed by atoms with Gasteiger partial charge in [-0.25, -0.2) is 0 Å². The van der Waals surface area contributed by atoms with Gasteiger partial charge in [0.05, 0.1) is 5.92 Å². The number of nitrogens with one attached hydrogen (secondary N) is 1. The maximum Gasteiger partial charge on any atom is 0.229 e. The molecule has 1 unspecified atom stereocenters. The average Bonchev–Trinajstić information content (AvgIpc) is 2.89. The third-order valence-electron chi connectivity index (χ3n) is 3.89. The van der Waals surface area contributed by atoms with Gasteiger partial charge < -0.3 is 10.2 Å². The predicted octanol–water partition coefficient (Wildman–Crippen LogP) is 3.33. The van der Waals surface area contributed by atoms with Crippen molar-refractivity contribution in [3.05, 3.63) is 65.2 Å². The quantitative estimate of drug-likeness (QED) is 0.936. The van der Waals surface area contributed by atoms with Crippen LogP contribution in [0.25, 0.3) is 0 Å². The van der Waals surface area contributed by atoms with Gasteiger partial charge in [-0.3, -0.25) is 9.59 Å². The van der Waals surface area contributed by atoms with Crippen LogP contribution in [0.1, 0.15) is 12.0 Å². The molecule has 1 heterocycles. The summed E-state index contributed by atoms with van der Waals surface area (Å²) in [5, 5.41) is 3.39. The van der Waals surface area contributed by atoms with E-state index in [-0.39, 0.29) is 24.2 Å². The molecule has 5 heteroatoms. The fourth-order valence-corrected chi connectivity index (χ4v) is 2.91. The fourth-order valence-electron chi connectivity index (χ4n) is 2.71. The van der Waals surface area contributed by atoms with Crippen LogP contribution in [-0.2, 0) is 16.1 Å². The molecule has 1 aliphatic rings. The summed E-state index contributed by atoms with van der Waals surface area (Å²) in [5.41, 5.74) is 1.72. The molecule has 1 fully saturated rings. The fraction of sp³-hybridized carbons (Fsp3) is 0.222. The first-order chi connectivity index (χ1) is 11.1. The molecular formula is C18H17ClN2O2. The second-order valence-corrected chi connectivity index (χ2v) is 6.10. The highest BCUT2D eigenvalue weighted by atomic mass is 35.5. The zero-order valence-electron chi connectivity index (χ0n) is 12.5. The number of anilines is 1. The molecule has 2 amide bonds. The van der Waals surface area contributed by atoms with Crippen molar-refractivity contribution < 1.29 is 9.59 Å². The molecule has 23 heavy (non-hydrogen) atoms. The Morgan fingerprint density at radius 2 is 1.96 bits per heavy atom. The average molecular weight is 329 g/mol. The predicted molar refractivity (Wildman–Crippen MR) is 90.0 cm³/mol. The molecular weight excluding hydrogens is 312 g/mol. The molecule has 1 N–H and O–H groups in total. The van der Waals surface area contributed by atoms with Crippen molar-refractivity contribution in [2.24, 2.45) is 5.92 Å². The molecule has 1 atom stereocenters. The summed E-state index contributed by atoms with van der Waals surface area (Å²) in [6.07, 6.45) is 0.249. The number of nitrogens with zero attached hydrogens (tertiary/aromatic N) is 1. The first-order valence-electron chi connectivity index (χ1n) is 7.50. The molecule has 1 saturated heterocycles. The number of hydrogen-bond donors (Lipinski definition) is 1. The molecule has 0 spiro atoms. The number of hydrogen-bond acceptors (Lipinski definition) is 2. The molecule has 0 radical (unpaired) electrons. The van der Waals surface area contributed by atoms with E-state index in [2.05, 4.69) is 5.32 Å². The Bertz CT molecular complexity index is 718. The van der Waals surface area contributed by atoms with Gasteiger partial charge in [0.2, 0.25) is 11.8 Å². The van der Waals surface area contributed by atoms with E-state index < -0.39 is 0 Å². The monoisotopic (exact) mass is 328 g/mol. The van der Waals surface area contributed by atoms with Crippen LogP contribution in [0.4, 0.5) is 5.69 Å². The van der Waals surface area contributed by atoms with Gasteiger partial charge in [0.1, 0.15) is 0 Å². The van der Waals surface area contributed by atoms with Crippen LogP contribution >= 0.6 is 11.6 Å². The highest BCUT2D eigenvalue weighted by molar-refractivity contribution is 6.30. The van der Waals surface area contributed by atoms with Crippen LogP contribution < -0.4 is 5.32 Å². The van der Waals surface area contributed by atoms with E-state index in [1.165, 1.54) is 0 Å². The molecule has 3 rings (SSSR count). The number of halogens is 1. The SMILES string of the molecule is O=C(Nc1cccc(Cl)c1)C1CC(=O)N(Cc2ccccc2)C1. The Kier molecular flexibility index (Phi) is 4.63. The van der Waals surface area contributed by atoms with Crippen LogP contribution in [0.3, 0.4) is 0 Å². The summed E-state index contributed by atoms with van der Waals surface area (Å²) in [7, 11) is 0. The van der Waals surface area contributed by atoms with Crippen molar-refractivity contribution in [2.75, 3.05) is 11.9 Å². The Labute approximate surface area is 140 Å². The Morgan fingerprint density at radius 1 is 1.17 bits per heavy atom. The van der Waals surface area contributed by atoms with Crippen molar-refractivity contribution >= 4 is 29.1 Å². The number of rotatable bonds is 4. The van der Waals surface area contributed by atoms with Gasteiger partial charge in [-0.15, -0.1) is 0 Å². The molecule has 0 bridgehead atoms. The number of likely N-dealkylation sites (tertiary alicyclic amines) is 1. The van der Waals surface area contributed by atoms with E-state index in [9.17, 15) is 9.59 Å². The highest BCUT2D eigenvalue weighted by Crippen LogP contribution is 2.22. The van der Waals surface area contributed by atoms with Crippen LogP contribution in [0.15, 0.2) is 54.6 Å². The van der Waals surface area contributed by atoms with E-state index in [0.717, 1.165) is 5.56 Å². The summed E-state index contributed by atoms with van der Waals surface area (Å²) in [6.45, 7) is 0.987. The van der Waals surface area contributed by atoms with Crippen molar-refractivity contribution in [3.8, 4) is 0 Å². The van der Waals surface area contributed by atoms with Gasteiger partial charge in [0.25, 0.3) is 0 Å². The van der Waals surface area contributed by atoms with E-state index >= 15 is 0 Å². The zero-order chi connectivity index (χ0) is 16.2. The van der Waals surface area contributed by atoms with Gasteiger partial charge in [-0.2, -0.15) is 0 Å². The van der Waals surface area contributed by atoms with Gasteiger partial charge in [0, 0.05) is 30.2 Å². The molecule has 0 aliphatic carbocycles. The Morgan fingerprint density at radius 3 is 2.70 bits per heavy atom. The topological polar surface area (TPSA) is 49.4 Å². The second kappa shape index (κ2) is 6.84. The molecule has 118 valence electrons. The highest BCUT2D eigenvalue weighted by Gasteiger charge is 2.34. The lowest BCUT2D eigenvalue weighted by Crippen LogP contribution is -2.28. The Hall–Kier alpha value is -2.33. The van der Waals surface area contributed by atoms with Crippen molar-refractivity contribution in [1.82, 2.24) is 4.90 Å². The summed E-state index contributed by atoms with van der Waals surface area (Å²) in [5.74, 6) is -0.457. The standard InChI is InChI=1S/C18H17ClN2O2/c19-15-7-4-8-16(10-15)20-18(23)14-9-17(22)21(12-14)11-13-5-2-1-3-6-13/h1-8,10,14H,9,11-12H2,(H,20,23). The molecule has 0 saturated carbocycles. The van der Waals surface area contributed by atoms with Gasteiger partial charge in [-0.1, -0.05) is 48.0 Å². The molecule has 1 aliphatic heterocycles. The lowest BCUT2D eigenvalue weighted by atomic mass is 10.1. The molecule has 2 aromatic rings. The maximum atomic E-state index is 12.3. The smallest absolute Gasteiger partial charge is 0.229 e. The molecule has 0 aromatic heterocycles. The third-order valence-corrected chi connectivity index (χ3v) is 4.13. The summed E-state index contributed by atoms with van der Waals surface area (Å²) in [4.78, 5) is 26.2. The van der Waals surface area contributed by atoms with Gasteiger partial charge >= 0.3 is 0 Å². The van der Waals surface area contributed by atoms with E-state index in [1.807, 2.05) is 30.3 Å². The van der Waals surface area contributed by atoms with Gasteiger partial charge in [-0.05, 0) is 23.8 Å². The third kappa shape index (κ3) is 3.90. The number of benzene rings is 2. The van der Waals surface area contributed by atoms with Crippen molar-refractivity contribution in [2.45, 2.75) is 13.0 Å². The largest absolute Gasteiger partial charge is 0.338 e. The first-order valence-corrected chi connectivity index (χ1v) is 7.88.